The van der Waals surface area contributed by atoms with Gasteiger partial charge in [-0.2, -0.15) is 0 Å². The molecular weight excluding hydrogens is 381 g/mol. The van der Waals surface area contributed by atoms with Gasteiger partial charge >= 0.3 is 0 Å². The summed E-state index contributed by atoms with van der Waals surface area (Å²) in [5.41, 5.74) is 3.23. The smallest absolute Gasteiger partial charge is 0.255 e. The number of rotatable bonds is 3. The number of furan rings is 1. The van der Waals surface area contributed by atoms with Gasteiger partial charge in [0.25, 0.3) is 5.91 Å². The lowest BCUT2D eigenvalue weighted by Crippen LogP contribution is -2.31. The molecule has 1 unspecified atom stereocenters. The molecule has 146 valence electrons. The van der Waals surface area contributed by atoms with E-state index >= 15 is 0 Å². The Morgan fingerprint density at radius 3 is 2.68 bits per heavy atom. The molecule has 2 aromatic carbocycles. The molecule has 0 spiro atoms. The zero-order valence-corrected chi connectivity index (χ0v) is 16.1. The van der Waals surface area contributed by atoms with E-state index in [1.807, 2.05) is 6.07 Å². The molecule has 2 heterocycles. The first-order valence-electron chi connectivity index (χ1n) is 9.01. The molecule has 3 aromatic rings. The molecule has 3 N–H and O–H groups in total. The van der Waals surface area contributed by atoms with Crippen molar-refractivity contribution < 1.29 is 17.8 Å². The average Bonchev–Trinajstić information content (AvgIpc) is 2.91. The second kappa shape index (κ2) is 7.37. The summed E-state index contributed by atoms with van der Waals surface area (Å²) in [6.07, 6.45) is 2.61. The Kier molecular flexibility index (Phi) is 4.91. The van der Waals surface area contributed by atoms with Gasteiger partial charge in [0.15, 0.2) is 11.2 Å². The Morgan fingerprint density at radius 2 is 2.00 bits per heavy atom. The second-order valence-electron chi connectivity index (χ2n) is 6.70. The van der Waals surface area contributed by atoms with Crippen molar-refractivity contribution in [2.45, 2.75) is 19.3 Å². The maximum absolute atomic E-state index is 13.3. The fraction of sp³-hybridized carbons (Fsp3) is 0.250. The number of amides is 1. The predicted octanol–water partition coefficient (Wildman–Crippen LogP) is 3.28. The lowest BCUT2D eigenvalue weighted by molar-refractivity contribution is 0.0964. The first kappa shape index (κ1) is 18.6. The lowest BCUT2D eigenvalue weighted by Gasteiger charge is -2.20. The summed E-state index contributed by atoms with van der Waals surface area (Å²) in [5, 5.41) is 8.99. The summed E-state index contributed by atoms with van der Waals surface area (Å²) in [6, 6.07) is 9.50. The highest BCUT2D eigenvalue weighted by Gasteiger charge is 2.26. The van der Waals surface area contributed by atoms with E-state index in [0.717, 1.165) is 30.5 Å². The van der Waals surface area contributed by atoms with Crippen molar-refractivity contribution in [1.82, 2.24) is 5.32 Å². The maximum atomic E-state index is 13.3. The van der Waals surface area contributed by atoms with Crippen molar-refractivity contribution in [3.8, 4) is 11.3 Å². The summed E-state index contributed by atoms with van der Waals surface area (Å²) in [7, 11) is 1.55. The largest absolute Gasteiger partial charge is 0.455 e. The van der Waals surface area contributed by atoms with Crippen LogP contribution >= 0.6 is 0 Å². The number of aryl methyl sites for hydroxylation is 1. The molecule has 0 saturated carbocycles. The van der Waals surface area contributed by atoms with Gasteiger partial charge in [0.1, 0.15) is 17.2 Å². The molecule has 28 heavy (non-hydrogen) atoms. The van der Waals surface area contributed by atoms with Crippen molar-refractivity contribution in [3.05, 3.63) is 53.3 Å². The van der Waals surface area contributed by atoms with E-state index in [1.54, 1.807) is 29.6 Å². The molecule has 1 amide bonds. The monoisotopic (exact) mass is 401 g/mol. The Morgan fingerprint density at radius 1 is 1.25 bits per heavy atom. The van der Waals surface area contributed by atoms with Crippen molar-refractivity contribution in [2.24, 2.45) is 5.14 Å². The van der Waals surface area contributed by atoms with Crippen LogP contribution in [0.25, 0.3) is 22.3 Å². The first-order valence-corrected chi connectivity index (χ1v) is 10.2. The topological polar surface area (TPSA) is 88.6 Å². The summed E-state index contributed by atoms with van der Waals surface area (Å²) >= 11 is -1.64. The Bertz CT molecular complexity index is 1080. The molecule has 0 saturated heterocycles. The van der Waals surface area contributed by atoms with Crippen molar-refractivity contribution in [3.63, 3.8) is 0 Å². The van der Waals surface area contributed by atoms with Gasteiger partial charge in [0.2, 0.25) is 0 Å². The van der Waals surface area contributed by atoms with Crippen LogP contribution in [0.2, 0.25) is 0 Å². The number of nitrogens with one attached hydrogen (secondary N) is 1. The fourth-order valence-corrected chi connectivity index (χ4v) is 4.32. The van der Waals surface area contributed by atoms with Gasteiger partial charge in [-0.1, -0.05) is 0 Å². The Balaban J connectivity index is 1.97. The molecule has 0 aliphatic carbocycles. The van der Waals surface area contributed by atoms with E-state index in [0.29, 0.717) is 34.4 Å². The molecule has 1 aliphatic heterocycles. The highest BCUT2D eigenvalue weighted by atomic mass is 32.2. The Hall–Kier alpha value is -2.71. The number of halogens is 1. The number of hydrogen-bond acceptors (Lipinski definition) is 3. The molecule has 0 fully saturated rings. The van der Waals surface area contributed by atoms with E-state index in [-0.39, 0.29) is 11.7 Å². The predicted molar refractivity (Wildman–Crippen MR) is 108 cm³/mol. The molecule has 4 rings (SSSR count). The molecule has 6 nitrogen and oxygen atoms in total. The number of hydrogen-bond donors (Lipinski definition) is 2. The van der Waals surface area contributed by atoms with Crippen molar-refractivity contribution in [2.75, 3.05) is 17.9 Å². The summed E-state index contributed by atoms with van der Waals surface area (Å²) in [4.78, 5) is 12.6. The third kappa shape index (κ3) is 3.18. The summed E-state index contributed by atoms with van der Waals surface area (Å²) in [6.45, 7) is 0.593. The second-order valence-corrected chi connectivity index (χ2v) is 7.70. The minimum atomic E-state index is -1.64. The highest BCUT2D eigenvalue weighted by molar-refractivity contribution is 7.84. The standard InChI is InChI=1S/C20H20FN3O3S/c1-23-20(25)18-15-10-13-4-2-3-9-24(28(22)26)16(13)11-17(15)27-19(18)12-5-7-14(21)8-6-12/h5-8,10-11H,2-4,9,22H2,1H3,(H,23,25). The van der Waals surface area contributed by atoms with Crippen LogP contribution in [0.4, 0.5) is 10.1 Å². The molecule has 1 atom stereocenters. The van der Waals surface area contributed by atoms with Crippen molar-refractivity contribution >= 4 is 33.7 Å². The molecular formula is C20H20FN3O3S. The summed E-state index contributed by atoms with van der Waals surface area (Å²) in [5.74, 6) is -0.282. The van der Waals surface area contributed by atoms with Crippen LogP contribution in [0.3, 0.4) is 0 Å². The first-order chi connectivity index (χ1) is 13.5. The number of fused-ring (bicyclic) bond motifs is 2. The number of carbonyl (C=O) groups excluding carboxylic acids is 1. The van der Waals surface area contributed by atoms with Crippen LogP contribution in [-0.4, -0.2) is 23.7 Å². The van der Waals surface area contributed by atoms with E-state index in [9.17, 15) is 13.4 Å². The molecule has 0 radical (unpaired) electrons. The van der Waals surface area contributed by atoms with E-state index in [4.69, 9.17) is 9.56 Å². The molecule has 1 aromatic heterocycles. The molecule has 0 bridgehead atoms. The zero-order valence-electron chi connectivity index (χ0n) is 15.3. The minimum absolute atomic E-state index is 0.286. The van der Waals surface area contributed by atoms with Crippen LogP contribution in [-0.2, 0) is 17.6 Å². The van der Waals surface area contributed by atoms with Crippen molar-refractivity contribution in [1.29, 1.82) is 0 Å². The normalized spacial score (nSPS) is 15.2. The number of anilines is 1. The van der Waals surface area contributed by atoms with Crippen LogP contribution < -0.4 is 14.8 Å². The van der Waals surface area contributed by atoms with Gasteiger partial charge in [0.05, 0.1) is 11.3 Å². The van der Waals surface area contributed by atoms with Gasteiger partial charge in [-0.15, -0.1) is 0 Å². The third-order valence-corrected chi connectivity index (χ3v) is 5.81. The van der Waals surface area contributed by atoms with Gasteiger partial charge in [-0.3, -0.25) is 9.10 Å². The van der Waals surface area contributed by atoms with Crippen LogP contribution in [0.15, 0.2) is 40.8 Å². The van der Waals surface area contributed by atoms with Gasteiger partial charge < -0.3 is 9.73 Å². The third-order valence-electron chi connectivity index (χ3n) is 4.99. The molecule has 1 aliphatic rings. The summed E-state index contributed by atoms with van der Waals surface area (Å²) < 4.78 is 33.0. The minimum Gasteiger partial charge on any atom is -0.455 e. The number of nitrogens with two attached hydrogens (primary N) is 1. The van der Waals surface area contributed by atoms with Gasteiger partial charge in [-0.25, -0.2) is 13.7 Å². The maximum Gasteiger partial charge on any atom is 0.255 e. The molecule has 8 heteroatoms. The SMILES string of the molecule is CNC(=O)c1c(-c2ccc(F)cc2)oc2cc3c(cc12)CCCCN3S(N)=O. The zero-order chi connectivity index (χ0) is 19.8. The van der Waals surface area contributed by atoms with Crippen LogP contribution in [0.1, 0.15) is 28.8 Å². The fourth-order valence-electron chi connectivity index (χ4n) is 3.64. The quantitative estimate of drug-likeness (QED) is 0.706. The lowest BCUT2D eigenvalue weighted by atomic mass is 10.0. The van der Waals surface area contributed by atoms with Gasteiger partial charge in [-0.05, 0) is 55.2 Å². The number of nitrogens with zero attached hydrogens (tertiary/aromatic N) is 1. The van der Waals surface area contributed by atoms with E-state index in [1.165, 1.54) is 12.1 Å². The van der Waals surface area contributed by atoms with E-state index < -0.39 is 11.2 Å². The van der Waals surface area contributed by atoms with E-state index in [2.05, 4.69) is 5.32 Å². The number of benzene rings is 2. The highest BCUT2D eigenvalue weighted by Crippen LogP contribution is 2.39. The van der Waals surface area contributed by atoms with Crippen LogP contribution in [0.5, 0.6) is 0 Å². The average molecular weight is 401 g/mol. The Labute approximate surface area is 164 Å². The van der Waals surface area contributed by atoms with Crippen LogP contribution in [0, 0.1) is 5.82 Å². The number of carbonyl (C=O) groups is 1. The van der Waals surface area contributed by atoms with Gasteiger partial charge in [0, 0.05) is 30.6 Å².